The van der Waals surface area contributed by atoms with Gasteiger partial charge in [-0.2, -0.15) is 8.42 Å². The number of halogens is 2. The second-order valence-corrected chi connectivity index (χ2v) is 9.11. The third-order valence-electron chi connectivity index (χ3n) is 3.80. The maximum absolute atomic E-state index is 13.3. The van der Waals surface area contributed by atoms with Crippen LogP contribution in [0.3, 0.4) is 0 Å². The number of hydrogen-bond acceptors (Lipinski definition) is 6. The van der Waals surface area contributed by atoms with Gasteiger partial charge >= 0.3 is 16.2 Å². The zero-order valence-electron chi connectivity index (χ0n) is 16.9. The number of amides is 1. The Morgan fingerprint density at radius 1 is 1.10 bits per heavy atom. The van der Waals surface area contributed by atoms with Gasteiger partial charge in [-0.15, -0.1) is 0 Å². The van der Waals surface area contributed by atoms with E-state index in [0.29, 0.717) is 17.7 Å². The van der Waals surface area contributed by atoms with Gasteiger partial charge in [0, 0.05) is 7.05 Å². The van der Waals surface area contributed by atoms with Crippen molar-refractivity contribution in [3.63, 3.8) is 0 Å². The van der Waals surface area contributed by atoms with Crippen molar-refractivity contribution in [2.75, 3.05) is 13.6 Å². The van der Waals surface area contributed by atoms with E-state index in [1.807, 2.05) is 0 Å². The van der Waals surface area contributed by atoms with Crippen molar-refractivity contribution in [1.29, 1.82) is 0 Å². The molecule has 10 heteroatoms. The van der Waals surface area contributed by atoms with Crippen molar-refractivity contribution >= 4 is 16.2 Å². The Bertz CT molecular complexity index is 1000. The van der Waals surface area contributed by atoms with E-state index in [2.05, 4.69) is 0 Å². The van der Waals surface area contributed by atoms with Gasteiger partial charge in [0.15, 0.2) is 11.6 Å². The van der Waals surface area contributed by atoms with Crippen molar-refractivity contribution in [3.8, 4) is 5.75 Å². The molecule has 0 saturated heterocycles. The Morgan fingerprint density at radius 2 is 1.70 bits per heavy atom. The Balaban J connectivity index is 2.05. The maximum Gasteiger partial charge on any atom is 0.410 e. The fourth-order valence-corrected chi connectivity index (χ4v) is 3.28. The predicted molar refractivity (Wildman–Crippen MR) is 104 cm³/mol. The average Bonchev–Trinajstić information content (AvgIpc) is 2.62. The number of aliphatic hydroxyl groups is 1. The fraction of sp³-hybridized carbons (Fsp3) is 0.350. The highest BCUT2D eigenvalue weighted by atomic mass is 32.2. The summed E-state index contributed by atoms with van der Waals surface area (Å²) in [5.41, 5.74) is -0.267. The summed E-state index contributed by atoms with van der Waals surface area (Å²) in [6.07, 6.45) is -1.65. The first-order chi connectivity index (χ1) is 13.8. The van der Waals surface area contributed by atoms with E-state index in [0.717, 1.165) is 6.07 Å². The Kier molecular flexibility index (Phi) is 7.04. The molecule has 164 valence electrons. The van der Waals surface area contributed by atoms with E-state index in [1.165, 1.54) is 36.2 Å². The molecule has 2 aromatic rings. The highest BCUT2D eigenvalue weighted by Gasteiger charge is 2.22. The van der Waals surface area contributed by atoms with Gasteiger partial charge in [0.25, 0.3) is 0 Å². The summed E-state index contributed by atoms with van der Waals surface area (Å²) >= 11 is 0. The molecule has 0 fully saturated rings. The first kappa shape index (κ1) is 23.6. The highest BCUT2D eigenvalue weighted by molar-refractivity contribution is 7.87. The topological polar surface area (TPSA) is 93.1 Å². The smallest absolute Gasteiger partial charge is 0.410 e. The van der Waals surface area contributed by atoms with Gasteiger partial charge in [0.1, 0.15) is 16.2 Å². The molecule has 1 unspecified atom stereocenters. The van der Waals surface area contributed by atoms with Gasteiger partial charge in [0.05, 0.1) is 12.6 Å². The molecule has 1 atom stereocenters. The molecule has 0 bridgehead atoms. The predicted octanol–water partition coefficient (Wildman–Crippen LogP) is 3.63. The quantitative estimate of drug-likeness (QED) is 0.686. The van der Waals surface area contributed by atoms with Crippen LogP contribution in [-0.2, 0) is 14.9 Å². The lowest BCUT2D eigenvalue weighted by molar-refractivity contribution is 0.0205. The molecule has 30 heavy (non-hydrogen) atoms. The SMILES string of the molecule is CN(CC(O)c1ccc(OS(=O)(=O)c2ccc(F)c(F)c2)cc1)C(=O)OC(C)(C)C. The van der Waals surface area contributed by atoms with Crippen LogP contribution in [0.5, 0.6) is 5.75 Å². The molecular weight excluding hydrogens is 420 g/mol. The molecule has 0 spiro atoms. The van der Waals surface area contributed by atoms with Gasteiger partial charge in [-0.05, 0) is 56.7 Å². The number of aliphatic hydroxyl groups excluding tert-OH is 1. The number of carbonyl (C=O) groups is 1. The van der Waals surface area contributed by atoms with Crippen LogP contribution in [0.2, 0.25) is 0 Å². The minimum Gasteiger partial charge on any atom is -0.444 e. The van der Waals surface area contributed by atoms with Crippen LogP contribution in [0, 0.1) is 11.6 Å². The van der Waals surface area contributed by atoms with E-state index in [1.54, 1.807) is 20.8 Å². The van der Waals surface area contributed by atoms with E-state index < -0.39 is 44.4 Å². The number of likely N-dealkylation sites (N-methyl/N-ethyl adjacent to an activating group) is 1. The van der Waals surface area contributed by atoms with Gasteiger partial charge < -0.3 is 18.9 Å². The van der Waals surface area contributed by atoms with E-state index in [4.69, 9.17) is 8.92 Å². The second kappa shape index (κ2) is 8.97. The molecule has 0 aromatic heterocycles. The van der Waals surface area contributed by atoms with Crippen LogP contribution in [0.4, 0.5) is 13.6 Å². The monoisotopic (exact) mass is 443 g/mol. The summed E-state index contributed by atoms with van der Waals surface area (Å²) in [5, 5.41) is 10.3. The number of hydrogen-bond donors (Lipinski definition) is 1. The Hall–Kier alpha value is -2.72. The molecule has 0 aliphatic heterocycles. The van der Waals surface area contributed by atoms with Crippen LogP contribution in [0.25, 0.3) is 0 Å². The normalized spacial score (nSPS) is 12.9. The molecule has 0 aliphatic rings. The summed E-state index contributed by atoms with van der Waals surface area (Å²) in [6, 6.07) is 7.53. The van der Waals surface area contributed by atoms with Crippen LogP contribution < -0.4 is 4.18 Å². The first-order valence-electron chi connectivity index (χ1n) is 8.90. The van der Waals surface area contributed by atoms with Gasteiger partial charge in [-0.1, -0.05) is 12.1 Å². The number of benzene rings is 2. The third kappa shape index (κ3) is 6.39. The number of ether oxygens (including phenoxy) is 1. The number of nitrogens with zero attached hydrogens (tertiary/aromatic N) is 1. The second-order valence-electron chi connectivity index (χ2n) is 7.56. The fourth-order valence-electron chi connectivity index (χ4n) is 2.33. The molecule has 0 heterocycles. The molecule has 0 radical (unpaired) electrons. The third-order valence-corrected chi connectivity index (χ3v) is 5.05. The minimum atomic E-state index is -4.37. The van der Waals surface area contributed by atoms with E-state index in [-0.39, 0.29) is 12.3 Å². The number of carbonyl (C=O) groups excluding carboxylic acids is 1. The Morgan fingerprint density at radius 3 is 2.23 bits per heavy atom. The van der Waals surface area contributed by atoms with Crippen molar-refractivity contribution in [2.45, 2.75) is 37.4 Å². The highest BCUT2D eigenvalue weighted by Crippen LogP contribution is 2.23. The molecular formula is C20H23F2NO6S. The van der Waals surface area contributed by atoms with Crippen LogP contribution >= 0.6 is 0 Å². The van der Waals surface area contributed by atoms with E-state index in [9.17, 15) is 27.1 Å². The van der Waals surface area contributed by atoms with Crippen molar-refractivity contribution in [2.24, 2.45) is 0 Å². The first-order valence-corrected chi connectivity index (χ1v) is 10.3. The standard InChI is InChI=1S/C20H23F2NO6S/c1-20(2,3)28-19(25)23(4)12-18(24)13-5-7-14(8-6-13)29-30(26,27)15-9-10-16(21)17(22)11-15/h5-11,18,24H,12H2,1-4H3. The summed E-state index contributed by atoms with van der Waals surface area (Å²) < 4.78 is 60.8. The molecule has 1 amide bonds. The van der Waals surface area contributed by atoms with E-state index >= 15 is 0 Å². The summed E-state index contributed by atoms with van der Waals surface area (Å²) in [7, 11) is -2.90. The summed E-state index contributed by atoms with van der Waals surface area (Å²) in [6.45, 7) is 5.12. The lowest BCUT2D eigenvalue weighted by atomic mass is 10.1. The van der Waals surface area contributed by atoms with Crippen molar-refractivity contribution in [3.05, 3.63) is 59.7 Å². The van der Waals surface area contributed by atoms with Crippen LogP contribution in [0.1, 0.15) is 32.4 Å². The van der Waals surface area contributed by atoms with Gasteiger partial charge in [-0.25, -0.2) is 13.6 Å². The molecule has 0 aliphatic carbocycles. The number of rotatable bonds is 6. The minimum absolute atomic E-state index is 0.0533. The zero-order valence-corrected chi connectivity index (χ0v) is 17.7. The Labute approximate surface area is 174 Å². The van der Waals surface area contributed by atoms with Crippen LogP contribution in [0.15, 0.2) is 47.4 Å². The molecule has 2 aromatic carbocycles. The summed E-state index contributed by atoms with van der Waals surface area (Å²) in [4.78, 5) is 12.7. The van der Waals surface area contributed by atoms with Gasteiger partial charge in [-0.3, -0.25) is 0 Å². The lowest BCUT2D eigenvalue weighted by Crippen LogP contribution is -2.36. The van der Waals surface area contributed by atoms with Crippen molar-refractivity contribution < 1.29 is 36.0 Å². The molecule has 1 N–H and O–H groups in total. The van der Waals surface area contributed by atoms with Crippen molar-refractivity contribution in [1.82, 2.24) is 4.90 Å². The molecule has 2 rings (SSSR count). The molecule has 0 saturated carbocycles. The average molecular weight is 443 g/mol. The van der Waals surface area contributed by atoms with Gasteiger partial charge in [0.2, 0.25) is 0 Å². The largest absolute Gasteiger partial charge is 0.444 e. The maximum atomic E-state index is 13.3. The lowest BCUT2D eigenvalue weighted by Gasteiger charge is -2.26. The van der Waals surface area contributed by atoms with Crippen LogP contribution in [-0.4, -0.2) is 43.7 Å². The summed E-state index contributed by atoms with van der Waals surface area (Å²) in [5.74, 6) is -2.58. The molecule has 7 nitrogen and oxygen atoms in total. The zero-order chi connectivity index (χ0) is 22.7.